The Balaban J connectivity index is 1.23. The molecule has 1 aromatic heterocycles. The van der Waals surface area contributed by atoms with E-state index in [4.69, 9.17) is 4.74 Å². The molecule has 1 aromatic carbocycles. The first-order valence-electron chi connectivity index (χ1n) is 10.7. The third-order valence-corrected chi connectivity index (χ3v) is 6.21. The van der Waals surface area contributed by atoms with E-state index in [9.17, 15) is 9.59 Å². The maximum atomic E-state index is 12.5. The van der Waals surface area contributed by atoms with E-state index in [-0.39, 0.29) is 12.0 Å². The summed E-state index contributed by atoms with van der Waals surface area (Å²) in [5, 5.41) is 0. The van der Waals surface area contributed by atoms with Gasteiger partial charge in [0, 0.05) is 51.8 Å². The van der Waals surface area contributed by atoms with Crippen LogP contribution in [-0.2, 0) is 11.2 Å². The summed E-state index contributed by atoms with van der Waals surface area (Å²) in [5.41, 5.74) is 1.48. The Morgan fingerprint density at radius 1 is 1.13 bits per heavy atom. The topological polar surface area (TPSA) is 68.9 Å². The minimum atomic E-state index is -0.452. The molecule has 4 rings (SSSR count). The standard InChI is InChI=1S/C23H30N4O3/c1-25(13-9-19-6-3-2-4-7-19)16-17-27-18-23(30-22(27)29)10-14-26(15-11-23)21(28)20-8-5-12-24-20/h2-8,12,24H,9-11,13-18H2,1H3. The maximum absolute atomic E-state index is 12.5. The summed E-state index contributed by atoms with van der Waals surface area (Å²) in [6.45, 7) is 4.26. The van der Waals surface area contributed by atoms with E-state index in [2.05, 4.69) is 41.2 Å². The van der Waals surface area contributed by atoms with E-state index in [1.54, 1.807) is 12.3 Å². The Hall–Kier alpha value is -2.80. The molecule has 2 amide bonds. The zero-order chi connectivity index (χ0) is 21.0. The number of aromatic amines is 1. The number of hydrogen-bond donors (Lipinski definition) is 1. The number of likely N-dealkylation sites (N-methyl/N-ethyl adjacent to an activating group) is 1. The third-order valence-electron chi connectivity index (χ3n) is 6.21. The van der Waals surface area contributed by atoms with Crippen molar-refractivity contribution in [3.05, 3.63) is 59.9 Å². The van der Waals surface area contributed by atoms with Gasteiger partial charge in [-0.2, -0.15) is 0 Å². The van der Waals surface area contributed by atoms with Crippen molar-refractivity contribution in [2.45, 2.75) is 24.9 Å². The van der Waals surface area contributed by atoms with Gasteiger partial charge in [0.05, 0.1) is 6.54 Å². The minimum absolute atomic E-state index is 0.0103. The molecule has 2 fully saturated rings. The molecule has 30 heavy (non-hydrogen) atoms. The number of hydrogen-bond acceptors (Lipinski definition) is 4. The van der Waals surface area contributed by atoms with Gasteiger partial charge in [0.1, 0.15) is 11.3 Å². The van der Waals surface area contributed by atoms with Crippen LogP contribution in [0.2, 0.25) is 0 Å². The number of H-pyrrole nitrogens is 1. The van der Waals surface area contributed by atoms with Crippen molar-refractivity contribution in [2.24, 2.45) is 0 Å². The fraction of sp³-hybridized carbons (Fsp3) is 0.478. The Bertz CT molecular complexity index is 845. The van der Waals surface area contributed by atoms with Crippen molar-refractivity contribution in [3.63, 3.8) is 0 Å². The molecule has 2 aromatic rings. The summed E-state index contributed by atoms with van der Waals surface area (Å²) in [7, 11) is 2.09. The van der Waals surface area contributed by atoms with Crippen molar-refractivity contribution in [3.8, 4) is 0 Å². The van der Waals surface area contributed by atoms with Crippen LogP contribution in [0.3, 0.4) is 0 Å². The van der Waals surface area contributed by atoms with Gasteiger partial charge in [0.15, 0.2) is 0 Å². The predicted molar refractivity (Wildman–Crippen MR) is 114 cm³/mol. The summed E-state index contributed by atoms with van der Waals surface area (Å²) in [5.74, 6) is 0.0103. The molecule has 1 spiro atoms. The van der Waals surface area contributed by atoms with E-state index < -0.39 is 5.60 Å². The number of benzene rings is 1. The van der Waals surface area contributed by atoms with Gasteiger partial charge in [0.2, 0.25) is 0 Å². The number of rotatable bonds is 7. The van der Waals surface area contributed by atoms with Crippen LogP contribution in [0, 0.1) is 0 Å². The van der Waals surface area contributed by atoms with Gasteiger partial charge < -0.3 is 24.4 Å². The summed E-state index contributed by atoms with van der Waals surface area (Å²) in [6, 6.07) is 14.1. The van der Waals surface area contributed by atoms with Gasteiger partial charge in [-0.1, -0.05) is 30.3 Å². The van der Waals surface area contributed by atoms with E-state index in [0.29, 0.717) is 44.7 Å². The predicted octanol–water partition coefficient (Wildman–Crippen LogP) is 2.62. The quantitative estimate of drug-likeness (QED) is 0.762. The lowest BCUT2D eigenvalue weighted by Crippen LogP contribution is -2.49. The van der Waals surface area contributed by atoms with Gasteiger partial charge in [-0.3, -0.25) is 4.79 Å². The number of ether oxygens (including phenoxy) is 1. The largest absolute Gasteiger partial charge is 0.441 e. The minimum Gasteiger partial charge on any atom is -0.441 e. The fourth-order valence-electron chi connectivity index (χ4n) is 4.24. The zero-order valence-electron chi connectivity index (χ0n) is 17.5. The Morgan fingerprint density at radius 2 is 1.90 bits per heavy atom. The van der Waals surface area contributed by atoms with Crippen LogP contribution in [0.1, 0.15) is 28.9 Å². The first-order valence-corrected chi connectivity index (χ1v) is 10.7. The molecular formula is C23H30N4O3. The average Bonchev–Trinajstić information content (AvgIpc) is 3.40. The van der Waals surface area contributed by atoms with Crippen LogP contribution in [0.25, 0.3) is 0 Å². The average molecular weight is 411 g/mol. The molecule has 0 aliphatic carbocycles. The number of carbonyl (C=O) groups is 2. The zero-order valence-corrected chi connectivity index (χ0v) is 17.5. The Kier molecular flexibility index (Phi) is 6.08. The van der Waals surface area contributed by atoms with Crippen molar-refractivity contribution in [1.82, 2.24) is 19.7 Å². The van der Waals surface area contributed by atoms with Crippen molar-refractivity contribution in [1.29, 1.82) is 0 Å². The van der Waals surface area contributed by atoms with Gasteiger partial charge in [0.25, 0.3) is 5.91 Å². The molecule has 0 atom stereocenters. The highest BCUT2D eigenvalue weighted by Gasteiger charge is 2.47. The van der Waals surface area contributed by atoms with E-state index in [0.717, 1.165) is 19.5 Å². The van der Waals surface area contributed by atoms with Crippen LogP contribution in [0.4, 0.5) is 4.79 Å². The molecule has 160 valence electrons. The first-order chi connectivity index (χ1) is 14.5. The second kappa shape index (κ2) is 8.92. The Morgan fingerprint density at radius 3 is 2.60 bits per heavy atom. The van der Waals surface area contributed by atoms with Crippen LogP contribution < -0.4 is 0 Å². The van der Waals surface area contributed by atoms with Crippen LogP contribution in [-0.4, -0.2) is 83.6 Å². The number of amides is 2. The number of nitrogens with one attached hydrogen (secondary N) is 1. The van der Waals surface area contributed by atoms with Crippen molar-refractivity contribution >= 4 is 12.0 Å². The molecule has 7 heteroatoms. The Labute approximate surface area is 177 Å². The van der Waals surface area contributed by atoms with E-state index >= 15 is 0 Å². The molecule has 0 unspecified atom stereocenters. The van der Waals surface area contributed by atoms with Crippen LogP contribution in [0.5, 0.6) is 0 Å². The van der Waals surface area contributed by atoms with E-state index in [1.807, 2.05) is 21.9 Å². The summed E-state index contributed by atoms with van der Waals surface area (Å²) < 4.78 is 5.81. The van der Waals surface area contributed by atoms with Crippen molar-refractivity contribution < 1.29 is 14.3 Å². The fourth-order valence-corrected chi connectivity index (χ4v) is 4.24. The molecule has 0 radical (unpaired) electrons. The first kappa shape index (κ1) is 20.5. The lowest BCUT2D eigenvalue weighted by Gasteiger charge is -2.37. The molecule has 2 saturated heterocycles. The lowest BCUT2D eigenvalue weighted by molar-refractivity contribution is 0.00298. The van der Waals surface area contributed by atoms with Crippen molar-refractivity contribution in [2.75, 3.05) is 46.3 Å². The smallest absolute Gasteiger partial charge is 0.410 e. The molecular weight excluding hydrogens is 380 g/mol. The third kappa shape index (κ3) is 4.67. The SMILES string of the molecule is CN(CCc1ccccc1)CCN1CC2(CCN(C(=O)c3ccc[nH]3)CC2)OC1=O. The number of aromatic nitrogens is 1. The second-order valence-corrected chi connectivity index (χ2v) is 8.39. The molecule has 3 heterocycles. The molecule has 7 nitrogen and oxygen atoms in total. The summed E-state index contributed by atoms with van der Waals surface area (Å²) in [4.78, 5) is 33.8. The highest BCUT2D eigenvalue weighted by molar-refractivity contribution is 5.92. The molecule has 2 aliphatic heterocycles. The number of piperidine rings is 1. The summed E-state index contributed by atoms with van der Waals surface area (Å²) >= 11 is 0. The molecule has 0 saturated carbocycles. The molecule has 1 N–H and O–H groups in total. The maximum Gasteiger partial charge on any atom is 0.410 e. The highest BCUT2D eigenvalue weighted by atomic mass is 16.6. The van der Waals surface area contributed by atoms with E-state index in [1.165, 1.54) is 5.56 Å². The highest BCUT2D eigenvalue weighted by Crippen LogP contribution is 2.33. The second-order valence-electron chi connectivity index (χ2n) is 8.39. The van der Waals surface area contributed by atoms with Gasteiger partial charge in [-0.25, -0.2) is 4.79 Å². The lowest BCUT2D eigenvalue weighted by atomic mass is 9.91. The van der Waals surface area contributed by atoms with Gasteiger partial charge >= 0.3 is 6.09 Å². The van der Waals surface area contributed by atoms with Crippen LogP contribution in [0.15, 0.2) is 48.7 Å². The van der Waals surface area contributed by atoms with Crippen LogP contribution >= 0.6 is 0 Å². The monoisotopic (exact) mass is 410 g/mol. The number of likely N-dealkylation sites (tertiary alicyclic amines) is 1. The van der Waals surface area contributed by atoms with Gasteiger partial charge in [-0.05, 0) is 31.2 Å². The molecule has 0 bridgehead atoms. The number of carbonyl (C=O) groups excluding carboxylic acids is 2. The number of nitrogens with zero attached hydrogens (tertiary/aromatic N) is 3. The molecule has 2 aliphatic rings. The normalized spacial score (nSPS) is 18.3. The summed E-state index contributed by atoms with van der Waals surface area (Å²) in [6.07, 6.45) is 3.90. The van der Waals surface area contributed by atoms with Gasteiger partial charge in [-0.15, -0.1) is 0 Å².